The van der Waals surface area contributed by atoms with E-state index in [0.717, 1.165) is 10.0 Å². The summed E-state index contributed by atoms with van der Waals surface area (Å²) in [5, 5.41) is 4.00. The first-order valence-electron chi connectivity index (χ1n) is 9.39. The van der Waals surface area contributed by atoms with Crippen molar-refractivity contribution in [2.24, 2.45) is 5.10 Å². The molecule has 0 bridgehead atoms. The van der Waals surface area contributed by atoms with Gasteiger partial charge < -0.3 is 14.2 Å². The minimum absolute atomic E-state index is 0.113. The van der Waals surface area contributed by atoms with Gasteiger partial charge in [-0.25, -0.2) is 5.43 Å². The van der Waals surface area contributed by atoms with E-state index < -0.39 is 0 Å². The lowest BCUT2D eigenvalue weighted by atomic mass is 10.2. The standard InChI is InChI=1S/C21H23BrN2O4S2/c1-3-27-19-10-15(17(22)11-18(19)26-2)12-23-24-20(25)13-28-16-6-4-14(5-7-16)21-29-8-9-30-21/h4-7,10-12,21H,3,8-9,13H2,1-2H3,(H,24,25)/b23-12-. The Hall–Kier alpha value is -1.84. The van der Waals surface area contributed by atoms with Crippen LogP contribution < -0.4 is 19.6 Å². The molecule has 2 aromatic carbocycles. The number of rotatable bonds is 9. The second-order valence-corrected chi connectivity index (χ2v) is 9.76. The molecule has 0 aromatic heterocycles. The summed E-state index contributed by atoms with van der Waals surface area (Å²) in [6.07, 6.45) is 1.54. The van der Waals surface area contributed by atoms with Gasteiger partial charge in [0.25, 0.3) is 5.91 Å². The average molecular weight is 511 g/mol. The van der Waals surface area contributed by atoms with Gasteiger partial charge in [-0.2, -0.15) is 5.10 Å². The normalized spacial score (nSPS) is 14.1. The van der Waals surface area contributed by atoms with E-state index in [1.807, 2.05) is 42.6 Å². The molecular weight excluding hydrogens is 488 g/mol. The fourth-order valence-corrected chi connectivity index (χ4v) is 5.99. The Balaban J connectivity index is 1.50. The van der Waals surface area contributed by atoms with Crippen LogP contribution in [0, 0.1) is 0 Å². The van der Waals surface area contributed by atoms with Gasteiger partial charge in [-0.05, 0) is 52.7 Å². The SMILES string of the molecule is CCOc1cc(/C=N\NC(=O)COc2ccc(C3SCCS3)cc2)c(Br)cc1OC. The third kappa shape index (κ3) is 6.33. The first-order valence-corrected chi connectivity index (χ1v) is 12.3. The van der Waals surface area contributed by atoms with Crippen LogP contribution in [0.5, 0.6) is 17.2 Å². The van der Waals surface area contributed by atoms with Gasteiger partial charge >= 0.3 is 0 Å². The predicted molar refractivity (Wildman–Crippen MR) is 127 cm³/mol. The van der Waals surface area contributed by atoms with Gasteiger partial charge in [0.1, 0.15) is 5.75 Å². The number of halogens is 1. The number of benzene rings is 2. The second-order valence-electron chi connectivity index (χ2n) is 6.18. The number of hydrogen-bond acceptors (Lipinski definition) is 7. The van der Waals surface area contributed by atoms with Crippen molar-refractivity contribution >= 4 is 51.6 Å². The van der Waals surface area contributed by atoms with Crippen molar-refractivity contribution in [3.8, 4) is 17.2 Å². The van der Waals surface area contributed by atoms with Crippen LogP contribution in [-0.4, -0.2) is 44.0 Å². The third-order valence-electron chi connectivity index (χ3n) is 4.12. The summed E-state index contributed by atoms with van der Waals surface area (Å²) in [5.74, 6) is 3.92. The number of thioether (sulfide) groups is 2. The molecular formula is C21H23BrN2O4S2. The monoisotopic (exact) mass is 510 g/mol. The highest BCUT2D eigenvalue weighted by Crippen LogP contribution is 2.45. The first-order chi connectivity index (χ1) is 14.6. The van der Waals surface area contributed by atoms with Crippen LogP contribution in [0.4, 0.5) is 0 Å². The Morgan fingerprint density at radius 2 is 1.93 bits per heavy atom. The van der Waals surface area contributed by atoms with Gasteiger partial charge in [-0.3, -0.25) is 4.79 Å². The molecule has 0 aliphatic carbocycles. The molecule has 6 nitrogen and oxygen atoms in total. The number of ether oxygens (including phenoxy) is 3. The van der Waals surface area contributed by atoms with E-state index in [9.17, 15) is 4.79 Å². The number of nitrogens with one attached hydrogen (secondary N) is 1. The highest BCUT2D eigenvalue weighted by molar-refractivity contribution is 9.10. The molecule has 1 amide bonds. The maximum Gasteiger partial charge on any atom is 0.277 e. The van der Waals surface area contributed by atoms with E-state index in [1.54, 1.807) is 19.2 Å². The Morgan fingerprint density at radius 3 is 2.60 bits per heavy atom. The molecule has 9 heteroatoms. The van der Waals surface area contributed by atoms with Crippen LogP contribution in [0.2, 0.25) is 0 Å². The summed E-state index contributed by atoms with van der Waals surface area (Å²) in [5.41, 5.74) is 4.50. The van der Waals surface area contributed by atoms with E-state index in [1.165, 1.54) is 23.3 Å². The highest BCUT2D eigenvalue weighted by atomic mass is 79.9. The molecule has 1 saturated heterocycles. The third-order valence-corrected chi connectivity index (χ3v) is 7.91. The Morgan fingerprint density at radius 1 is 1.20 bits per heavy atom. The zero-order valence-corrected chi connectivity index (χ0v) is 19.9. The first kappa shape index (κ1) is 22.8. The Bertz CT molecular complexity index is 887. The smallest absolute Gasteiger partial charge is 0.277 e. The molecule has 3 rings (SSSR count). The van der Waals surface area contributed by atoms with E-state index in [4.69, 9.17) is 14.2 Å². The van der Waals surface area contributed by atoms with Crippen molar-refractivity contribution in [1.29, 1.82) is 0 Å². The largest absolute Gasteiger partial charge is 0.493 e. The summed E-state index contributed by atoms with van der Waals surface area (Å²) in [6.45, 7) is 2.30. The van der Waals surface area contributed by atoms with Crippen LogP contribution in [0.25, 0.3) is 0 Å². The molecule has 1 fully saturated rings. The van der Waals surface area contributed by atoms with Crippen LogP contribution in [-0.2, 0) is 4.79 Å². The van der Waals surface area contributed by atoms with Crippen molar-refractivity contribution in [2.75, 3.05) is 31.8 Å². The van der Waals surface area contributed by atoms with Gasteiger partial charge in [0, 0.05) is 21.5 Å². The second kappa shape index (κ2) is 11.5. The summed E-state index contributed by atoms with van der Waals surface area (Å²) >= 11 is 7.38. The number of nitrogens with zero attached hydrogens (tertiary/aromatic N) is 1. The fraction of sp³-hybridized carbons (Fsp3) is 0.333. The number of hydrazone groups is 1. The topological polar surface area (TPSA) is 69.2 Å². The summed E-state index contributed by atoms with van der Waals surface area (Å²) in [7, 11) is 1.58. The maximum absolute atomic E-state index is 12.0. The van der Waals surface area contributed by atoms with Gasteiger partial charge in [-0.1, -0.05) is 12.1 Å². The maximum atomic E-state index is 12.0. The van der Waals surface area contributed by atoms with Crippen molar-refractivity contribution < 1.29 is 19.0 Å². The molecule has 0 atom stereocenters. The minimum atomic E-state index is -0.341. The summed E-state index contributed by atoms with van der Waals surface area (Å²) < 4.78 is 17.7. The van der Waals surface area contributed by atoms with E-state index >= 15 is 0 Å². The molecule has 1 aliphatic rings. The minimum Gasteiger partial charge on any atom is -0.493 e. The van der Waals surface area contributed by atoms with Crippen LogP contribution in [0.15, 0.2) is 46.0 Å². The highest BCUT2D eigenvalue weighted by Gasteiger charge is 2.18. The zero-order valence-electron chi connectivity index (χ0n) is 16.7. The molecule has 1 N–H and O–H groups in total. The fourth-order valence-electron chi connectivity index (χ4n) is 2.70. The molecule has 0 radical (unpaired) electrons. The van der Waals surface area contributed by atoms with Crippen LogP contribution in [0.1, 0.15) is 22.6 Å². The molecule has 0 spiro atoms. The number of amides is 1. The Labute approximate surface area is 193 Å². The zero-order chi connectivity index (χ0) is 21.3. The van der Waals surface area contributed by atoms with E-state index in [0.29, 0.717) is 28.4 Å². The summed E-state index contributed by atoms with van der Waals surface area (Å²) in [4.78, 5) is 12.0. The summed E-state index contributed by atoms with van der Waals surface area (Å²) in [6, 6.07) is 11.5. The lowest BCUT2D eigenvalue weighted by molar-refractivity contribution is -0.123. The molecule has 0 unspecified atom stereocenters. The molecule has 160 valence electrons. The van der Waals surface area contributed by atoms with Crippen molar-refractivity contribution in [2.45, 2.75) is 11.5 Å². The quantitative estimate of drug-likeness (QED) is 0.383. The number of hydrogen-bond donors (Lipinski definition) is 1. The van der Waals surface area contributed by atoms with E-state index in [-0.39, 0.29) is 12.5 Å². The molecule has 30 heavy (non-hydrogen) atoms. The van der Waals surface area contributed by atoms with Crippen LogP contribution >= 0.6 is 39.5 Å². The average Bonchev–Trinajstić information content (AvgIpc) is 3.29. The number of carbonyl (C=O) groups is 1. The number of carbonyl (C=O) groups excluding carboxylic acids is 1. The van der Waals surface area contributed by atoms with Gasteiger partial charge in [-0.15, -0.1) is 23.5 Å². The van der Waals surface area contributed by atoms with Crippen LogP contribution in [0.3, 0.4) is 0 Å². The molecule has 1 heterocycles. The van der Waals surface area contributed by atoms with E-state index in [2.05, 4.69) is 38.6 Å². The molecule has 0 saturated carbocycles. The Kier molecular flexibility index (Phi) is 8.77. The van der Waals surface area contributed by atoms with Crippen molar-refractivity contribution in [1.82, 2.24) is 5.43 Å². The van der Waals surface area contributed by atoms with Gasteiger partial charge in [0.15, 0.2) is 18.1 Å². The van der Waals surface area contributed by atoms with Gasteiger partial charge in [0.05, 0.1) is 24.5 Å². The predicted octanol–water partition coefficient (Wildman–Crippen LogP) is 4.86. The lowest BCUT2D eigenvalue weighted by Crippen LogP contribution is -2.24. The lowest BCUT2D eigenvalue weighted by Gasteiger charge is -2.11. The molecule has 1 aliphatic heterocycles. The van der Waals surface area contributed by atoms with Gasteiger partial charge in [0.2, 0.25) is 0 Å². The molecule has 2 aromatic rings. The van der Waals surface area contributed by atoms with Crippen molar-refractivity contribution in [3.63, 3.8) is 0 Å². The number of methoxy groups -OCH3 is 1. The van der Waals surface area contributed by atoms with Crippen molar-refractivity contribution in [3.05, 3.63) is 52.0 Å².